The number of aromatic hydroxyl groups is 1. The molecule has 252 valence electrons. The molecule has 0 heterocycles. The summed E-state index contributed by atoms with van der Waals surface area (Å²) in [7, 11) is 6.91. The van der Waals surface area contributed by atoms with Gasteiger partial charge in [-0.05, 0) is 86.3 Å². The largest absolute Gasteiger partial charge is 0.511 e. The number of primary amides is 1. The van der Waals surface area contributed by atoms with E-state index in [1.807, 2.05) is 43.4 Å². The van der Waals surface area contributed by atoms with E-state index >= 15 is 0 Å². The van der Waals surface area contributed by atoms with Crippen LogP contribution < -0.4 is 10.5 Å². The smallest absolute Gasteiger partial charge is 0.253 e. The Morgan fingerprint density at radius 2 is 1.62 bits per heavy atom. The summed E-state index contributed by atoms with van der Waals surface area (Å²) in [5.74, 6) is -8.76. The Morgan fingerprint density at radius 3 is 2.27 bits per heavy atom. The number of methoxy groups -OCH3 is 1. The normalized spacial score (nSPS) is 23.2. The average molecular weight is 656 g/mol. The topological polar surface area (TPSA) is 177 Å². The van der Waals surface area contributed by atoms with Gasteiger partial charge in [-0.3, -0.25) is 19.4 Å². The van der Waals surface area contributed by atoms with Crippen LogP contribution in [0.5, 0.6) is 11.5 Å². The first-order valence-corrected chi connectivity index (χ1v) is 15.8. The molecule has 3 aromatic carbocycles. The maximum absolute atomic E-state index is 14.2. The number of ether oxygens (including phenoxy) is 1. The first-order chi connectivity index (χ1) is 22.8. The molecule has 48 heavy (non-hydrogen) atoms. The number of nitrogens with zero attached hydrogens (tertiary/aromatic N) is 2. The Hall–Kier alpha value is -4.68. The fraction of sp³-hybridized carbons (Fsp3) is 0.351. The number of phenolic OH excluding ortho intramolecular Hbond substituents is 1. The minimum Gasteiger partial charge on any atom is -0.511 e. The number of fused-ring (bicyclic) bond motifs is 3. The molecule has 0 bridgehead atoms. The number of rotatable bonds is 8. The number of ketones is 1. The molecule has 0 radical (unpaired) electrons. The fourth-order valence-corrected chi connectivity index (χ4v) is 8.14. The number of amides is 1. The highest BCUT2D eigenvalue weighted by atomic mass is 16.5. The van der Waals surface area contributed by atoms with Gasteiger partial charge in [-0.1, -0.05) is 42.5 Å². The van der Waals surface area contributed by atoms with Gasteiger partial charge in [0.1, 0.15) is 28.6 Å². The SMILES string of the molecule is COc1ccc(CN(C)Cc2ccccc2)cc1-c1ccc(O)c2c1CC1CC3C(C(O)=C1C2=O)C(O)(O)C(C(N)=O)=C(O)[C@H]3N(C)C. The second-order valence-electron chi connectivity index (χ2n) is 13.3. The van der Waals surface area contributed by atoms with Crippen LogP contribution in [0.1, 0.15) is 33.5 Å². The van der Waals surface area contributed by atoms with Crippen molar-refractivity contribution in [2.24, 2.45) is 23.5 Å². The Labute approximate surface area is 278 Å². The second kappa shape index (κ2) is 12.4. The summed E-state index contributed by atoms with van der Waals surface area (Å²) < 4.78 is 5.76. The number of hydrogen-bond donors (Lipinski definition) is 6. The van der Waals surface area contributed by atoms with Crippen molar-refractivity contribution >= 4 is 11.7 Å². The van der Waals surface area contributed by atoms with Gasteiger partial charge in [-0.15, -0.1) is 0 Å². The highest BCUT2D eigenvalue weighted by molar-refractivity contribution is 6.14. The van der Waals surface area contributed by atoms with Crippen LogP contribution in [0.4, 0.5) is 0 Å². The standard InChI is InChI=1S/C37H41N3O8/c1-39(2)32-25-16-21-15-24-22(23-14-20(10-13-27(23)48-4)18-40(3)17-19-8-6-5-7-9-19)11-12-26(41)29(24)33(42)28(21)34(43)30(25)37(46,47)31(35(32)44)36(38)45/h5-14,21,25,30,32,41,43-44,46-47H,15-18H2,1-4H3,(H2,38,45)/t21?,25?,30?,32-/m0/s1. The molecule has 3 aliphatic carbocycles. The van der Waals surface area contributed by atoms with Crippen LogP contribution in [0.2, 0.25) is 0 Å². The van der Waals surface area contributed by atoms with E-state index in [1.54, 1.807) is 32.2 Å². The number of likely N-dealkylation sites (N-methyl/N-ethyl adjacent to an activating group) is 1. The summed E-state index contributed by atoms with van der Waals surface area (Å²) in [6, 6.07) is 18.3. The zero-order valence-electron chi connectivity index (χ0n) is 27.3. The van der Waals surface area contributed by atoms with E-state index in [0.29, 0.717) is 23.4 Å². The lowest BCUT2D eigenvalue weighted by Gasteiger charge is -2.51. The molecule has 7 N–H and O–H groups in total. The number of phenols is 1. The highest BCUT2D eigenvalue weighted by Crippen LogP contribution is 2.55. The lowest BCUT2D eigenvalue weighted by Crippen LogP contribution is -2.60. The molecule has 1 amide bonds. The van der Waals surface area contributed by atoms with Crippen molar-refractivity contribution < 1.29 is 39.9 Å². The summed E-state index contributed by atoms with van der Waals surface area (Å²) in [6.07, 6.45) is 0.388. The van der Waals surface area contributed by atoms with E-state index in [4.69, 9.17) is 10.5 Å². The van der Waals surface area contributed by atoms with E-state index < -0.39 is 58.4 Å². The summed E-state index contributed by atoms with van der Waals surface area (Å²) in [5, 5.41) is 56.3. The van der Waals surface area contributed by atoms with Crippen molar-refractivity contribution in [3.05, 3.63) is 106 Å². The highest BCUT2D eigenvalue weighted by Gasteiger charge is 2.60. The molecule has 0 aromatic heterocycles. The van der Waals surface area contributed by atoms with E-state index in [0.717, 1.165) is 17.7 Å². The molecule has 0 spiro atoms. The van der Waals surface area contributed by atoms with Gasteiger partial charge in [0, 0.05) is 24.2 Å². The van der Waals surface area contributed by atoms with Gasteiger partial charge in [0.05, 0.1) is 24.6 Å². The predicted octanol–water partition coefficient (Wildman–Crippen LogP) is 3.43. The molecular weight excluding hydrogens is 614 g/mol. The lowest BCUT2D eigenvalue weighted by molar-refractivity contribution is -0.200. The lowest BCUT2D eigenvalue weighted by atomic mass is 9.59. The maximum atomic E-state index is 14.2. The van der Waals surface area contributed by atoms with Gasteiger partial charge in [-0.25, -0.2) is 0 Å². The maximum Gasteiger partial charge on any atom is 0.253 e. The van der Waals surface area contributed by atoms with Crippen LogP contribution in [-0.4, -0.2) is 87.1 Å². The number of nitrogens with two attached hydrogens (primary N) is 1. The van der Waals surface area contributed by atoms with Crippen molar-refractivity contribution in [2.75, 3.05) is 28.3 Å². The Balaban J connectivity index is 1.43. The molecule has 0 aliphatic heterocycles. The monoisotopic (exact) mass is 655 g/mol. The van der Waals surface area contributed by atoms with Gasteiger partial charge in [-0.2, -0.15) is 0 Å². The molecule has 3 aliphatic rings. The van der Waals surface area contributed by atoms with Crippen molar-refractivity contribution in [3.8, 4) is 22.6 Å². The Bertz CT molecular complexity index is 1850. The molecule has 0 saturated carbocycles. The van der Waals surface area contributed by atoms with Crippen molar-refractivity contribution in [3.63, 3.8) is 0 Å². The van der Waals surface area contributed by atoms with E-state index in [2.05, 4.69) is 17.0 Å². The second-order valence-corrected chi connectivity index (χ2v) is 13.3. The zero-order valence-corrected chi connectivity index (χ0v) is 27.3. The van der Waals surface area contributed by atoms with Gasteiger partial charge in [0.25, 0.3) is 5.91 Å². The number of carbonyl (C=O) groups excluding carboxylic acids is 2. The van der Waals surface area contributed by atoms with Crippen molar-refractivity contribution in [1.82, 2.24) is 9.80 Å². The van der Waals surface area contributed by atoms with Crippen LogP contribution in [0, 0.1) is 17.8 Å². The van der Waals surface area contributed by atoms with Crippen LogP contribution in [0.15, 0.2) is 83.3 Å². The molecule has 0 saturated heterocycles. The summed E-state index contributed by atoms with van der Waals surface area (Å²) in [4.78, 5) is 30.4. The summed E-state index contributed by atoms with van der Waals surface area (Å²) >= 11 is 0. The Morgan fingerprint density at radius 1 is 0.938 bits per heavy atom. The summed E-state index contributed by atoms with van der Waals surface area (Å²) in [5.41, 5.74) is 8.77. The van der Waals surface area contributed by atoms with Gasteiger partial charge < -0.3 is 36.0 Å². The number of aliphatic hydroxyl groups is 4. The molecule has 6 rings (SSSR count). The van der Waals surface area contributed by atoms with Crippen molar-refractivity contribution in [2.45, 2.75) is 37.8 Å². The third-order valence-corrected chi connectivity index (χ3v) is 10.0. The van der Waals surface area contributed by atoms with Crippen LogP contribution in [0.25, 0.3) is 11.1 Å². The minimum atomic E-state index is -3.04. The van der Waals surface area contributed by atoms with Crippen molar-refractivity contribution in [1.29, 1.82) is 0 Å². The quantitative estimate of drug-likeness (QED) is 0.197. The predicted molar refractivity (Wildman–Crippen MR) is 178 cm³/mol. The fourth-order valence-electron chi connectivity index (χ4n) is 8.14. The number of benzene rings is 3. The van der Waals surface area contributed by atoms with E-state index in [1.165, 1.54) is 11.6 Å². The molecular formula is C37H41N3O8. The third-order valence-electron chi connectivity index (χ3n) is 10.0. The number of aliphatic hydroxyl groups excluding tert-OH is 2. The molecule has 3 unspecified atom stereocenters. The molecule has 11 nitrogen and oxygen atoms in total. The average Bonchev–Trinajstić information content (AvgIpc) is 3.00. The number of Topliss-reactive ketones (excluding diaryl/α,β-unsaturated/α-hetero) is 1. The molecule has 11 heteroatoms. The summed E-state index contributed by atoms with van der Waals surface area (Å²) in [6.45, 7) is 1.38. The first kappa shape index (κ1) is 33.2. The number of allylic oxidation sites excluding steroid dienone is 1. The third kappa shape index (κ3) is 5.42. The van der Waals surface area contributed by atoms with Crippen LogP contribution >= 0.6 is 0 Å². The molecule has 0 fully saturated rings. The molecule has 3 aromatic rings. The number of carbonyl (C=O) groups is 2. The van der Waals surface area contributed by atoms with Crippen LogP contribution in [-0.2, 0) is 24.3 Å². The number of hydrogen-bond acceptors (Lipinski definition) is 10. The Kier molecular flexibility index (Phi) is 8.59. The van der Waals surface area contributed by atoms with E-state index in [-0.39, 0.29) is 29.7 Å². The van der Waals surface area contributed by atoms with Crippen LogP contribution in [0.3, 0.4) is 0 Å². The minimum absolute atomic E-state index is 0.00682. The van der Waals surface area contributed by atoms with Gasteiger partial charge in [0.15, 0.2) is 5.78 Å². The van der Waals surface area contributed by atoms with E-state index in [9.17, 15) is 35.1 Å². The first-order valence-electron chi connectivity index (χ1n) is 15.8. The molecule has 4 atom stereocenters. The zero-order chi connectivity index (χ0) is 34.7. The van der Waals surface area contributed by atoms with Gasteiger partial charge >= 0.3 is 0 Å². The van der Waals surface area contributed by atoms with Gasteiger partial charge in [0.2, 0.25) is 5.79 Å².